The zero-order valence-electron chi connectivity index (χ0n) is 13.2. The van der Waals surface area contributed by atoms with E-state index in [2.05, 4.69) is 56.1 Å². The second kappa shape index (κ2) is 5.50. The summed E-state index contributed by atoms with van der Waals surface area (Å²) < 4.78 is 4.32. The Balaban J connectivity index is 3.36. The first kappa shape index (κ1) is 16.0. The lowest BCUT2D eigenvalue weighted by Gasteiger charge is -2.50. The van der Waals surface area contributed by atoms with Crippen molar-refractivity contribution in [2.45, 2.75) is 46.2 Å². The van der Waals surface area contributed by atoms with Gasteiger partial charge in [-0.1, -0.05) is 18.2 Å². The normalized spacial score (nSPS) is 12.2. The Bertz CT molecular complexity index is 435. The topological polar surface area (TPSA) is 23.6 Å². The van der Waals surface area contributed by atoms with Gasteiger partial charge in [-0.05, 0) is 51.4 Å². The molecule has 0 fully saturated rings. The van der Waals surface area contributed by atoms with Crippen molar-refractivity contribution in [1.82, 2.24) is 4.67 Å². The van der Waals surface area contributed by atoms with Crippen LogP contribution in [0.4, 0.5) is 5.69 Å². The number of nitrogens with zero attached hydrogens (tertiary/aromatic N) is 2. The number of hydrogen-bond acceptors (Lipinski definition) is 2. The zero-order valence-corrected chi connectivity index (χ0v) is 15.2. The first-order valence-corrected chi connectivity index (χ1v) is 13.6. The summed E-state index contributed by atoms with van der Waals surface area (Å²) in [6, 6.07) is 10.3. The fourth-order valence-electron chi connectivity index (χ4n) is 2.29. The molecule has 0 radical (unpaired) electrons. The van der Waals surface area contributed by atoms with E-state index in [1.165, 1.54) is 0 Å². The molecule has 3 nitrogen and oxygen atoms in total. The van der Waals surface area contributed by atoms with E-state index in [9.17, 15) is 4.79 Å². The molecule has 0 atom stereocenters. The molecule has 0 spiro atoms. The second-order valence-electron chi connectivity index (χ2n) is 6.82. The molecule has 5 heteroatoms. The van der Waals surface area contributed by atoms with Gasteiger partial charge in [-0.15, -0.1) is 0 Å². The Morgan fingerprint density at radius 1 is 0.895 bits per heavy atom. The van der Waals surface area contributed by atoms with Gasteiger partial charge in [0, 0.05) is 12.6 Å². The average molecular weight is 295 g/mol. The van der Waals surface area contributed by atoms with Crippen LogP contribution in [-0.4, -0.2) is 27.1 Å². The highest BCUT2D eigenvalue weighted by Crippen LogP contribution is 2.27. The molecule has 0 aromatic heterocycles. The maximum atomic E-state index is 12.2. The van der Waals surface area contributed by atoms with E-state index >= 15 is 0 Å². The summed E-state index contributed by atoms with van der Waals surface area (Å²) >= 11 is 0. The van der Waals surface area contributed by atoms with E-state index in [1.807, 2.05) is 22.9 Å². The average Bonchev–Trinajstić information content (AvgIpc) is 2.23. The van der Waals surface area contributed by atoms with Gasteiger partial charge in [0.15, 0.2) is 16.5 Å². The zero-order chi connectivity index (χ0) is 14.8. The molecule has 1 aromatic carbocycles. The summed E-state index contributed by atoms with van der Waals surface area (Å²) in [5, 5.41) is 0. The van der Waals surface area contributed by atoms with E-state index < -0.39 is 16.5 Å². The van der Waals surface area contributed by atoms with Crippen molar-refractivity contribution in [1.29, 1.82) is 0 Å². The minimum Gasteiger partial charge on any atom is -0.320 e. The van der Waals surface area contributed by atoms with Gasteiger partial charge in [-0.3, -0.25) is 9.47 Å². The molecule has 0 aliphatic rings. The van der Waals surface area contributed by atoms with E-state index in [4.69, 9.17) is 0 Å². The van der Waals surface area contributed by atoms with E-state index in [0.29, 0.717) is 0 Å². The van der Waals surface area contributed by atoms with E-state index in [-0.39, 0.29) is 5.91 Å². The number of carbonyl (C=O) groups excluding carboxylic acids is 1. The molecule has 0 heterocycles. The number of hydrogen-bond donors (Lipinski definition) is 0. The molecule has 0 aliphatic carbocycles. The second-order valence-corrected chi connectivity index (χ2v) is 16.4. The van der Waals surface area contributed by atoms with Crippen LogP contribution in [0.25, 0.3) is 0 Å². The van der Waals surface area contributed by atoms with Crippen LogP contribution in [0, 0.1) is 0 Å². The van der Waals surface area contributed by atoms with Crippen molar-refractivity contribution in [2.75, 3.05) is 4.67 Å². The summed E-state index contributed by atoms with van der Waals surface area (Å²) in [6.07, 6.45) is 0. The quantitative estimate of drug-likeness (QED) is 0.620. The fourth-order valence-corrected chi connectivity index (χ4v) is 7.41. The molecule has 1 rings (SSSR count). The molecule has 19 heavy (non-hydrogen) atoms. The number of benzene rings is 1. The third kappa shape index (κ3) is 3.94. The van der Waals surface area contributed by atoms with Crippen molar-refractivity contribution in [2.24, 2.45) is 0 Å². The molecule has 0 saturated heterocycles. The summed E-state index contributed by atoms with van der Waals surface area (Å²) in [7, 11) is -3.45. The maximum absolute atomic E-state index is 12.2. The van der Waals surface area contributed by atoms with Crippen LogP contribution in [0.5, 0.6) is 0 Å². The van der Waals surface area contributed by atoms with E-state index in [1.54, 1.807) is 6.92 Å². The summed E-state index contributed by atoms with van der Waals surface area (Å²) in [6.45, 7) is 15.1. The SMILES string of the molecule is CC(=O)N(N(c1ccccc1)[Si](C)(C)C)[Si](C)(C)C. The van der Waals surface area contributed by atoms with Gasteiger partial charge >= 0.3 is 0 Å². The number of amides is 1. The lowest BCUT2D eigenvalue weighted by atomic mass is 10.3. The van der Waals surface area contributed by atoms with Gasteiger partial charge in [0.2, 0.25) is 5.91 Å². The van der Waals surface area contributed by atoms with Gasteiger partial charge in [-0.2, -0.15) is 0 Å². The van der Waals surface area contributed by atoms with Crippen LogP contribution >= 0.6 is 0 Å². The molecule has 0 bridgehead atoms. The van der Waals surface area contributed by atoms with E-state index in [0.717, 1.165) is 5.69 Å². The highest BCUT2D eigenvalue weighted by molar-refractivity contribution is 6.83. The maximum Gasteiger partial charge on any atom is 0.229 e. The number of para-hydroxylation sites is 1. The van der Waals surface area contributed by atoms with Crippen molar-refractivity contribution in [3.05, 3.63) is 30.3 Å². The standard InChI is InChI=1S/C14H26N2OSi2/c1-13(17)15(18(2,3)4)16(19(5,6)7)14-11-9-8-10-12-14/h8-12H,1-7H3. The fraction of sp³-hybridized carbons (Fsp3) is 0.500. The summed E-state index contributed by atoms with van der Waals surface area (Å²) in [5.41, 5.74) is 1.12. The van der Waals surface area contributed by atoms with Gasteiger partial charge in [-0.25, -0.2) is 0 Å². The molecular formula is C14H26N2OSi2. The lowest BCUT2D eigenvalue weighted by molar-refractivity contribution is -0.124. The predicted octanol–water partition coefficient (Wildman–Crippen LogP) is 3.93. The van der Waals surface area contributed by atoms with Crippen LogP contribution < -0.4 is 4.67 Å². The molecule has 106 valence electrons. The number of hydrazine groups is 1. The molecule has 0 N–H and O–H groups in total. The van der Waals surface area contributed by atoms with Crippen molar-refractivity contribution in [3.63, 3.8) is 0 Å². The smallest absolute Gasteiger partial charge is 0.229 e. The molecule has 1 aromatic rings. The largest absolute Gasteiger partial charge is 0.320 e. The van der Waals surface area contributed by atoms with Gasteiger partial charge in [0.1, 0.15) is 0 Å². The van der Waals surface area contributed by atoms with Crippen LogP contribution in [-0.2, 0) is 4.79 Å². The molecule has 0 saturated carbocycles. The molecular weight excluding hydrogens is 268 g/mol. The van der Waals surface area contributed by atoms with Gasteiger partial charge < -0.3 is 4.67 Å². The van der Waals surface area contributed by atoms with Gasteiger partial charge in [0.25, 0.3) is 0 Å². The molecule has 0 unspecified atom stereocenters. The Morgan fingerprint density at radius 3 is 1.68 bits per heavy atom. The van der Waals surface area contributed by atoms with Crippen molar-refractivity contribution in [3.8, 4) is 0 Å². The summed E-state index contributed by atoms with van der Waals surface area (Å²) in [5.74, 6) is 0.144. The van der Waals surface area contributed by atoms with Crippen LogP contribution in [0.2, 0.25) is 39.3 Å². The van der Waals surface area contributed by atoms with Crippen molar-refractivity contribution < 1.29 is 4.79 Å². The monoisotopic (exact) mass is 294 g/mol. The van der Waals surface area contributed by atoms with Crippen molar-refractivity contribution >= 4 is 28.1 Å². The first-order valence-electron chi connectivity index (χ1n) is 6.71. The minimum atomic E-state index is -1.76. The first-order chi connectivity index (χ1) is 8.55. The minimum absolute atomic E-state index is 0.144. The number of carbonyl (C=O) groups is 1. The Kier molecular flexibility index (Phi) is 4.63. The number of rotatable bonds is 4. The van der Waals surface area contributed by atoms with Crippen LogP contribution in [0.15, 0.2) is 30.3 Å². The van der Waals surface area contributed by atoms with Gasteiger partial charge in [0.05, 0.1) is 0 Å². The molecule has 1 amide bonds. The highest BCUT2D eigenvalue weighted by atomic mass is 28.3. The highest BCUT2D eigenvalue weighted by Gasteiger charge is 2.38. The lowest BCUT2D eigenvalue weighted by Crippen LogP contribution is -2.66. The van der Waals surface area contributed by atoms with Crippen LogP contribution in [0.1, 0.15) is 6.92 Å². The Hall–Kier alpha value is -1.08. The predicted molar refractivity (Wildman–Crippen MR) is 88.1 cm³/mol. The van der Waals surface area contributed by atoms with Crippen LogP contribution in [0.3, 0.4) is 0 Å². The third-order valence-electron chi connectivity index (χ3n) is 2.77. The number of anilines is 1. The molecule has 0 aliphatic heterocycles. The third-order valence-corrected chi connectivity index (χ3v) is 6.48. The summed E-state index contributed by atoms with van der Waals surface area (Å²) in [4.78, 5) is 12.2. The Morgan fingerprint density at radius 2 is 1.37 bits per heavy atom. The Labute approximate surface area is 119 Å².